The monoisotopic (exact) mass is 252 g/mol. The molecule has 18 heavy (non-hydrogen) atoms. The second-order valence-electron chi connectivity index (χ2n) is 4.80. The van der Waals surface area contributed by atoms with Crippen LogP contribution >= 0.6 is 0 Å². The van der Waals surface area contributed by atoms with Gasteiger partial charge in [-0.15, -0.1) is 0 Å². The zero-order valence-electron chi connectivity index (χ0n) is 12.1. The Hall–Kier alpha value is -0.890. The molecular weight excluding hydrogens is 224 g/mol. The van der Waals surface area contributed by atoms with Crippen molar-refractivity contribution < 1.29 is 9.53 Å². The summed E-state index contributed by atoms with van der Waals surface area (Å²) in [6.45, 7) is 6.29. The Bertz CT molecular complexity index is 241. The minimum absolute atomic E-state index is 0.0902. The average molecular weight is 252 g/mol. The van der Waals surface area contributed by atoms with Crippen molar-refractivity contribution in [1.82, 2.24) is 0 Å². The number of unbranched alkanes of at least 4 members (excludes halogenated alkanes) is 4. The summed E-state index contributed by atoms with van der Waals surface area (Å²) in [7, 11) is 0. The van der Waals surface area contributed by atoms with Crippen LogP contribution in [0.4, 0.5) is 0 Å². The van der Waals surface area contributed by atoms with Crippen LogP contribution in [0.3, 0.4) is 0 Å². The van der Waals surface area contributed by atoms with Gasteiger partial charge in [0.1, 0.15) is 6.29 Å². The lowest BCUT2D eigenvalue weighted by molar-refractivity contribution is -0.104. The van der Waals surface area contributed by atoms with E-state index in [0.717, 1.165) is 19.1 Å². The van der Waals surface area contributed by atoms with Gasteiger partial charge >= 0.3 is 0 Å². The molecule has 0 aliphatic heterocycles. The van der Waals surface area contributed by atoms with Gasteiger partial charge in [0.2, 0.25) is 0 Å². The fraction of sp³-hybridized carbons (Fsp3) is 0.688. The van der Waals surface area contributed by atoms with Crippen molar-refractivity contribution in [2.75, 3.05) is 0 Å². The minimum Gasteiger partial charge on any atom is -0.371 e. The van der Waals surface area contributed by atoms with Gasteiger partial charge in [-0.3, -0.25) is 4.79 Å². The van der Waals surface area contributed by atoms with Crippen LogP contribution in [0.15, 0.2) is 24.3 Å². The molecule has 0 spiro atoms. The summed E-state index contributed by atoms with van der Waals surface area (Å²) in [5.74, 6) is 0. The van der Waals surface area contributed by atoms with Gasteiger partial charge in [-0.05, 0) is 39.2 Å². The van der Waals surface area contributed by atoms with Crippen molar-refractivity contribution >= 4 is 6.29 Å². The number of rotatable bonds is 11. The molecule has 0 saturated heterocycles. The first-order valence-corrected chi connectivity index (χ1v) is 7.13. The molecule has 0 aromatic carbocycles. The predicted molar refractivity (Wildman–Crippen MR) is 77.7 cm³/mol. The highest BCUT2D eigenvalue weighted by atomic mass is 16.5. The molecule has 0 rings (SSSR count). The number of aldehydes is 1. The normalized spacial score (nSPS) is 13.8. The van der Waals surface area contributed by atoms with Crippen LogP contribution < -0.4 is 0 Å². The van der Waals surface area contributed by atoms with E-state index in [1.807, 2.05) is 19.9 Å². The van der Waals surface area contributed by atoms with E-state index in [4.69, 9.17) is 4.74 Å². The first kappa shape index (κ1) is 17.1. The third-order valence-electron chi connectivity index (χ3n) is 2.61. The summed E-state index contributed by atoms with van der Waals surface area (Å²) in [4.78, 5) is 10.2. The van der Waals surface area contributed by atoms with E-state index in [9.17, 15) is 4.79 Å². The molecule has 0 aromatic rings. The Kier molecular flexibility index (Phi) is 11.9. The standard InChI is InChI=1S/C16H28O2/c1-4-5-6-7-8-9-12-16(18-15(2)3)13-10-11-14-17/h9-12,14-16H,4-8,13H2,1-3H3/b11-10+,12-9-. The lowest BCUT2D eigenvalue weighted by Crippen LogP contribution is -2.14. The molecule has 0 heterocycles. The lowest BCUT2D eigenvalue weighted by Gasteiger charge is -2.15. The molecular formula is C16H28O2. The van der Waals surface area contributed by atoms with Gasteiger partial charge in [-0.1, -0.05) is 44.4 Å². The van der Waals surface area contributed by atoms with Crippen molar-refractivity contribution in [2.45, 2.75) is 71.5 Å². The van der Waals surface area contributed by atoms with Crippen molar-refractivity contribution in [3.63, 3.8) is 0 Å². The van der Waals surface area contributed by atoms with Crippen molar-refractivity contribution in [2.24, 2.45) is 0 Å². The van der Waals surface area contributed by atoms with E-state index < -0.39 is 0 Å². The molecule has 0 aromatic heterocycles. The van der Waals surface area contributed by atoms with E-state index in [1.165, 1.54) is 31.8 Å². The van der Waals surface area contributed by atoms with Crippen LogP contribution in [0.1, 0.15) is 59.3 Å². The molecule has 2 nitrogen and oxygen atoms in total. The molecule has 0 fully saturated rings. The molecule has 0 radical (unpaired) electrons. The fourth-order valence-corrected chi connectivity index (χ4v) is 1.73. The highest BCUT2D eigenvalue weighted by Crippen LogP contribution is 2.08. The summed E-state index contributed by atoms with van der Waals surface area (Å²) in [5.41, 5.74) is 0. The summed E-state index contributed by atoms with van der Waals surface area (Å²) < 4.78 is 5.77. The van der Waals surface area contributed by atoms with Crippen LogP contribution in [0.25, 0.3) is 0 Å². The topological polar surface area (TPSA) is 26.3 Å². The maximum Gasteiger partial charge on any atom is 0.142 e. The minimum atomic E-state index is 0.0902. The van der Waals surface area contributed by atoms with E-state index in [1.54, 1.807) is 0 Å². The van der Waals surface area contributed by atoms with Gasteiger partial charge in [0.05, 0.1) is 12.2 Å². The SMILES string of the molecule is CCCCCC/C=C\C(C/C=C/C=O)OC(C)C. The molecule has 0 aliphatic rings. The first-order valence-electron chi connectivity index (χ1n) is 7.13. The van der Waals surface area contributed by atoms with E-state index in [2.05, 4.69) is 19.1 Å². The van der Waals surface area contributed by atoms with Crippen LogP contribution in [0.5, 0.6) is 0 Å². The lowest BCUT2D eigenvalue weighted by atomic mass is 10.1. The Morgan fingerprint density at radius 3 is 2.50 bits per heavy atom. The summed E-state index contributed by atoms with van der Waals surface area (Å²) in [6.07, 6.45) is 15.9. The van der Waals surface area contributed by atoms with Gasteiger partial charge in [0, 0.05) is 0 Å². The molecule has 0 aliphatic carbocycles. The smallest absolute Gasteiger partial charge is 0.142 e. The first-order chi connectivity index (χ1) is 8.70. The van der Waals surface area contributed by atoms with Crippen molar-refractivity contribution in [3.8, 4) is 0 Å². The molecule has 1 unspecified atom stereocenters. The summed E-state index contributed by atoms with van der Waals surface area (Å²) in [5, 5.41) is 0. The predicted octanol–water partition coefficient (Wildman–Crippen LogP) is 4.45. The van der Waals surface area contributed by atoms with Crippen LogP contribution in [-0.4, -0.2) is 18.5 Å². The number of ether oxygens (including phenoxy) is 1. The summed E-state index contributed by atoms with van der Waals surface area (Å²) in [6, 6.07) is 0. The molecule has 1 atom stereocenters. The number of hydrogen-bond acceptors (Lipinski definition) is 2. The number of hydrogen-bond donors (Lipinski definition) is 0. The second kappa shape index (κ2) is 12.6. The van der Waals surface area contributed by atoms with Crippen LogP contribution in [-0.2, 0) is 9.53 Å². The molecule has 0 bridgehead atoms. The molecule has 0 saturated carbocycles. The van der Waals surface area contributed by atoms with Gasteiger partial charge < -0.3 is 4.74 Å². The van der Waals surface area contributed by atoms with Gasteiger partial charge in [0.25, 0.3) is 0 Å². The van der Waals surface area contributed by atoms with E-state index >= 15 is 0 Å². The van der Waals surface area contributed by atoms with Gasteiger partial charge in [-0.2, -0.15) is 0 Å². The Labute approximate surface area is 112 Å². The fourth-order valence-electron chi connectivity index (χ4n) is 1.73. The highest BCUT2D eigenvalue weighted by molar-refractivity contribution is 5.64. The molecule has 2 heteroatoms. The largest absolute Gasteiger partial charge is 0.371 e. The van der Waals surface area contributed by atoms with Crippen molar-refractivity contribution in [1.29, 1.82) is 0 Å². The maximum atomic E-state index is 10.2. The van der Waals surface area contributed by atoms with Gasteiger partial charge in [0.15, 0.2) is 0 Å². The molecule has 0 amide bonds. The number of carbonyl (C=O) groups excluding carboxylic acids is 1. The Balaban J connectivity index is 3.93. The average Bonchev–Trinajstić information content (AvgIpc) is 2.33. The van der Waals surface area contributed by atoms with Crippen LogP contribution in [0, 0.1) is 0 Å². The van der Waals surface area contributed by atoms with E-state index in [0.29, 0.717) is 0 Å². The quantitative estimate of drug-likeness (QED) is 0.235. The Morgan fingerprint density at radius 2 is 1.89 bits per heavy atom. The number of allylic oxidation sites excluding steroid dienone is 2. The Morgan fingerprint density at radius 1 is 1.11 bits per heavy atom. The second-order valence-corrected chi connectivity index (χ2v) is 4.80. The molecule has 104 valence electrons. The maximum absolute atomic E-state index is 10.2. The molecule has 0 N–H and O–H groups in total. The summed E-state index contributed by atoms with van der Waals surface area (Å²) >= 11 is 0. The zero-order valence-corrected chi connectivity index (χ0v) is 12.1. The third-order valence-corrected chi connectivity index (χ3v) is 2.61. The number of carbonyl (C=O) groups is 1. The zero-order chi connectivity index (χ0) is 13.6. The van der Waals surface area contributed by atoms with Crippen LogP contribution in [0.2, 0.25) is 0 Å². The van der Waals surface area contributed by atoms with E-state index in [-0.39, 0.29) is 12.2 Å². The van der Waals surface area contributed by atoms with Crippen molar-refractivity contribution in [3.05, 3.63) is 24.3 Å². The third kappa shape index (κ3) is 11.6. The van der Waals surface area contributed by atoms with Gasteiger partial charge in [-0.25, -0.2) is 0 Å². The highest BCUT2D eigenvalue weighted by Gasteiger charge is 2.04.